The maximum absolute atomic E-state index is 13.0. The van der Waals surface area contributed by atoms with E-state index in [9.17, 15) is 50.4 Å². The van der Waals surface area contributed by atoms with Crippen LogP contribution in [0.15, 0.2) is 24.3 Å². The van der Waals surface area contributed by atoms with Crippen molar-refractivity contribution in [3.63, 3.8) is 0 Å². The molecule has 4 unspecified atom stereocenters. The Morgan fingerprint density at radius 1 is 0.614 bits per heavy atom. The lowest BCUT2D eigenvalue weighted by atomic mass is 9.76. The minimum Gasteiger partial charge on any atom is -0.506 e. The number of carbonyl (C=O) groups is 2. The second-order valence-corrected chi connectivity index (χ2v) is 11.9. The zero-order valence-corrected chi connectivity index (χ0v) is 24.1. The topological polar surface area (TPSA) is 214 Å². The fourth-order valence-electron chi connectivity index (χ4n) is 6.57. The summed E-state index contributed by atoms with van der Waals surface area (Å²) in [5.74, 6) is -4.06. The summed E-state index contributed by atoms with van der Waals surface area (Å²) in [6.45, 7) is 2.58. The van der Waals surface area contributed by atoms with Crippen LogP contribution >= 0.6 is 0 Å². The van der Waals surface area contributed by atoms with Crippen LogP contribution in [-0.2, 0) is 0 Å². The summed E-state index contributed by atoms with van der Waals surface area (Å²) in [5.41, 5.74) is -4.65. The van der Waals surface area contributed by atoms with E-state index in [1.165, 1.54) is 52.3 Å². The molecular weight excluding hydrogens is 576 g/mol. The van der Waals surface area contributed by atoms with Gasteiger partial charge in [0.05, 0.1) is 58.4 Å². The second-order valence-electron chi connectivity index (χ2n) is 11.9. The zero-order valence-electron chi connectivity index (χ0n) is 24.1. The summed E-state index contributed by atoms with van der Waals surface area (Å²) in [6, 6.07) is 5.44. The molecule has 230 valence electrons. The van der Waals surface area contributed by atoms with Crippen molar-refractivity contribution in [2.45, 2.75) is 50.1 Å². The third-order valence-corrected chi connectivity index (χ3v) is 8.79. The fraction of sp³-hybridized carbons (Fsp3) is 0.312. The second kappa shape index (κ2) is 9.44. The standard InChI is InChI=1S/C32H30O12/c1-31(41)9-15(33)21-13(29(31)39)5-11-7-17(43-3)23(27(37)19(11)25(21)35)24-18(44-4)8-12-6-14-22(26(36)20(12)28(24)38)16(34)10-32(2,42)30(14)40/h5-8,29-30,35-42H,9-10H2,1-4H3. The van der Waals surface area contributed by atoms with Crippen molar-refractivity contribution in [2.75, 3.05) is 14.2 Å². The van der Waals surface area contributed by atoms with E-state index in [4.69, 9.17) is 9.47 Å². The summed E-state index contributed by atoms with van der Waals surface area (Å²) < 4.78 is 11.1. The molecule has 6 rings (SSSR count). The van der Waals surface area contributed by atoms with Gasteiger partial charge in [0.15, 0.2) is 11.6 Å². The van der Waals surface area contributed by atoms with Gasteiger partial charge in [-0.15, -0.1) is 0 Å². The quantitative estimate of drug-likeness (QED) is 0.169. The minimum absolute atomic E-state index is 0.0443. The predicted octanol–water partition coefficient (Wildman–Crippen LogP) is 3.24. The van der Waals surface area contributed by atoms with E-state index in [0.29, 0.717) is 0 Å². The van der Waals surface area contributed by atoms with Gasteiger partial charge in [-0.2, -0.15) is 0 Å². The highest BCUT2D eigenvalue weighted by Gasteiger charge is 2.45. The molecular formula is C32H30O12. The molecule has 12 nitrogen and oxygen atoms in total. The first-order valence-electron chi connectivity index (χ1n) is 13.6. The summed E-state index contributed by atoms with van der Waals surface area (Å²) in [6.07, 6.45) is -4.03. The van der Waals surface area contributed by atoms with Crippen molar-refractivity contribution >= 4 is 33.1 Å². The zero-order chi connectivity index (χ0) is 32.2. The van der Waals surface area contributed by atoms with Gasteiger partial charge < -0.3 is 50.3 Å². The normalized spacial score (nSPS) is 24.8. The van der Waals surface area contributed by atoms with Crippen molar-refractivity contribution in [2.24, 2.45) is 0 Å². The lowest BCUT2D eigenvalue weighted by molar-refractivity contribution is -0.0677. The van der Waals surface area contributed by atoms with Crippen LogP contribution < -0.4 is 9.47 Å². The predicted molar refractivity (Wildman–Crippen MR) is 156 cm³/mol. The Balaban J connectivity index is 1.70. The SMILES string of the molecule is COc1cc2cc3c(c(O)c2c(O)c1-c1c(OC)cc2cc4c(c(O)c2c1O)C(=O)CC(C)(O)C4O)C(=O)CC(C)(O)C3O. The highest BCUT2D eigenvalue weighted by molar-refractivity contribution is 6.14. The molecule has 0 spiro atoms. The molecule has 44 heavy (non-hydrogen) atoms. The van der Waals surface area contributed by atoms with Gasteiger partial charge in [0.1, 0.15) is 46.7 Å². The highest BCUT2D eigenvalue weighted by atomic mass is 16.5. The van der Waals surface area contributed by atoms with Gasteiger partial charge >= 0.3 is 0 Å². The first kappa shape index (κ1) is 29.5. The number of methoxy groups -OCH3 is 2. The van der Waals surface area contributed by atoms with E-state index < -0.39 is 70.8 Å². The Morgan fingerprint density at radius 3 is 1.25 bits per heavy atom. The molecule has 0 heterocycles. The number of rotatable bonds is 3. The molecule has 0 amide bonds. The number of aliphatic hydroxyl groups is 4. The number of hydrogen-bond acceptors (Lipinski definition) is 12. The summed E-state index contributed by atoms with van der Waals surface area (Å²) in [7, 11) is 2.55. The molecule has 0 aliphatic heterocycles. The number of ether oxygens (including phenoxy) is 2. The van der Waals surface area contributed by atoms with Gasteiger partial charge in [0.25, 0.3) is 0 Å². The van der Waals surface area contributed by atoms with E-state index >= 15 is 0 Å². The largest absolute Gasteiger partial charge is 0.506 e. The Morgan fingerprint density at radius 2 is 0.932 bits per heavy atom. The third-order valence-electron chi connectivity index (χ3n) is 8.79. The van der Waals surface area contributed by atoms with Crippen LogP contribution in [0.5, 0.6) is 34.5 Å². The Bertz CT molecular complexity index is 1810. The van der Waals surface area contributed by atoms with E-state index in [1.54, 1.807) is 0 Å². The maximum Gasteiger partial charge on any atom is 0.169 e. The van der Waals surface area contributed by atoms with Crippen molar-refractivity contribution < 1.29 is 59.9 Å². The van der Waals surface area contributed by atoms with Crippen LogP contribution in [-0.4, -0.2) is 77.8 Å². The lowest BCUT2D eigenvalue weighted by Crippen LogP contribution is -2.40. The number of Topliss-reactive ketones (excluding diaryl/α,β-unsaturated/α-hetero) is 2. The number of ketones is 2. The molecule has 0 aromatic heterocycles. The number of fused-ring (bicyclic) bond motifs is 4. The van der Waals surface area contributed by atoms with Crippen molar-refractivity contribution in [1.29, 1.82) is 0 Å². The lowest BCUT2D eigenvalue weighted by Gasteiger charge is -2.35. The molecule has 2 aliphatic rings. The smallest absolute Gasteiger partial charge is 0.169 e. The molecule has 4 atom stereocenters. The number of aliphatic hydroxyl groups excluding tert-OH is 2. The molecule has 0 saturated carbocycles. The Labute approximate surface area is 249 Å². The summed E-state index contributed by atoms with van der Waals surface area (Å²) in [5, 5.41) is 88.3. The Hall–Kier alpha value is -4.62. The van der Waals surface area contributed by atoms with Crippen LogP contribution in [0.25, 0.3) is 32.7 Å². The van der Waals surface area contributed by atoms with E-state index in [1.807, 2.05) is 0 Å². The van der Waals surface area contributed by atoms with Gasteiger partial charge in [-0.05, 0) is 60.0 Å². The molecule has 12 heteroatoms. The number of phenols is 4. The fourth-order valence-corrected chi connectivity index (χ4v) is 6.57. The van der Waals surface area contributed by atoms with Gasteiger partial charge in [-0.3, -0.25) is 9.59 Å². The van der Waals surface area contributed by atoms with E-state index in [2.05, 4.69) is 0 Å². The first-order valence-corrected chi connectivity index (χ1v) is 13.6. The highest BCUT2D eigenvalue weighted by Crippen LogP contribution is 2.57. The average molecular weight is 607 g/mol. The van der Waals surface area contributed by atoms with Crippen molar-refractivity contribution in [1.82, 2.24) is 0 Å². The molecule has 2 aliphatic carbocycles. The average Bonchev–Trinajstić information content (AvgIpc) is 2.93. The first-order chi connectivity index (χ1) is 20.5. The third kappa shape index (κ3) is 3.85. The van der Waals surface area contributed by atoms with Crippen LogP contribution in [0.4, 0.5) is 0 Å². The summed E-state index contributed by atoms with van der Waals surface area (Å²) in [4.78, 5) is 25.9. The van der Waals surface area contributed by atoms with Gasteiger partial charge in [-0.1, -0.05) is 0 Å². The molecule has 0 saturated heterocycles. The van der Waals surface area contributed by atoms with E-state index in [0.717, 1.165) is 0 Å². The molecule has 8 N–H and O–H groups in total. The van der Waals surface area contributed by atoms with Gasteiger partial charge in [0, 0.05) is 12.8 Å². The van der Waals surface area contributed by atoms with Crippen molar-refractivity contribution in [3.8, 4) is 45.6 Å². The monoisotopic (exact) mass is 606 g/mol. The maximum atomic E-state index is 13.0. The molecule has 4 aromatic carbocycles. The van der Waals surface area contributed by atoms with Crippen LogP contribution in [0.1, 0.15) is 70.7 Å². The molecule has 0 radical (unpaired) electrons. The number of aromatic hydroxyl groups is 4. The van der Waals surface area contributed by atoms with Crippen LogP contribution in [0.2, 0.25) is 0 Å². The Kier molecular flexibility index (Phi) is 6.32. The van der Waals surface area contributed by atoms with Crippen LogP contribution in [0.3, 0.4) is 0 Å². The number of hydrogen-bond donors (Lipinski definition) is 8. The van der Waals surface area contributed by atoms with Gasteiger partial charge in [-0.25, -0.2) is 0 Å². The summed E-state index contributed by atoms with van der Waals surface area (Å²) >= 11 is 0. The number of carbonyl (C=O) groups excluding carboxylic acids is 2. The number of phenolic OH excluding ortho intramolecular Hbond substituents is 4. The molecule has 0 bridgehead atoms. The molecule has 4 aromatic rings. The van der Waals surface area contributed by atoms with Crippen molar-refractivity contribution in [3.05, 3.63) is 46.5 Å². The van der Waals surface area contributed by atoms with E-state index in [-0.39, 0.29) is 66.4 Å². The molecule has 0 fully saturated rings. The number of benzene rings is 4. The minimum atomic E-state index is -1.80. The van der Waals surface area contributed by atoms with Crippen LogP contribution in [0, 0.1) is 0 Å². The van der Waals surface area contributed by atoms with Gasteiger partial charge in [0.2, 0.25) is 0 Å².